The van der Waals surface area contributed by atoms with E-state index >= 15 is 0 Å². The highest BCUT2D eigenvalue weighted by Gasteiger charge is 2.11. The first-order valence-electron chi connectivity index (χ1n) is 6.57. The van der Waals surface area contributed by atoms with Gasteiger partial charge in [0.15, 0.2) is 0 Å². The number of aromatic nitrogens is 3. The SMILES string of the molecule is Cc1ccc(NC(=O)c2cc(-c3ccccn3)n[nH]2)cc1. The van der Waals surface area contributed by atoms with E-state index in [0.717, 1.165) is 16.9 Å². The number of anilines is 1. The van der Waals surface area contributed by atoms with Gasteiger partial charge in [0, 0.05) is 11.9 Å². The molecule has 2 N–H and O–H groups in total. The lowest BCUT2D eigenvalue weighted by atomic mass is 10.2. The first-order valence-corrected chi connectivity index (χ1v) is 6.57. The average molecular weight is 278 g/mol. The highest BCUT2D eigenvalue weighted by atomic mass is 16.1. The summed E-state index contributed by atoms with van der Waals surface area (Å²) < 4.78 is 0. The first kappa shape index (κ1) is 13.1. The number of amides is 1. The van der Waals surface area contributed by atoms with Crippen molar-refractivity contribution in [1.29, 1.82) is 0 Å². The van der Waals surface area contributed by atoms with Gasteiger partial charge in [0.2, 0.25) is 0 Å². The number of nitrogens with one attached hydrogen (secondary N) is 2. The summed E-state index contributed by atoms with van der Waals surface area (Å²) in [6.07, 6.45) is 1.69. The van der Waals surface area contributed by atoms with Crippen LogP contribution in [0.3, 0.4) is 0 Å². The highest BCUT2D eigenvalue weighted by Crippen LogP contribution is 2.15. The molecule has 0 aliphatic rings. The van der Waals surface area contributed by atoms with Crippen molar-refractivity contribution in [1.82, 2.24) is 15.2 Å². The van der Waals surface area contributed by atoms with E-state index in [2.05, 4.69) is 20.5 Å². The fraction of sp³-hybridized carbons (Fsp3) is 0.0625. The third kappa shape index (κ3) is 2.97. The molecule has 0 aliphatic carbocycles. The van der Waals surface area contributed by atoms with Crippen LogP contribution in [0.1, 0.15) is 16.1 Å². The van der Waals surface area contributed by atoms with Crippen LogP contribution < -0.4 is 5.32 Å². The van der Waals surface area contributed by atoms with Crippen LogP contribution in [-0.4, -0.2) is 21.1 Å². The van der Waals surface area contributed by atoms with Gasteiger partial charge in [-0.05, 0) is 37.3 Å². The highest BCUT2D eigenvalue weighted by molar-refractivity contribution is 6.03. The normalized spacial score (nSPS) is 10.3. The van der Waals surface area contributed by atoms with E-state index in [1.54, 1.807) is 12.3 Å². The Hall–Kier alpha value is -2.95. The van der Waals surface area contributed by atoms with Crippen LogP contribution in [0, 0.1) is 6.92 Å². The van der Waals surface area contributed by atoms with Gasteiger partial charge in [0.1, 0.15) is 11.4 Å². The summed E-state index contributed by atoms with van der Waals surface area (Å²) in [6.45, 7) is 2.00. The van der Waals surface area contributed by atoms with Gasteiger partial charge in [-0.3, -0.25) is 14.9 Å². The van der Waals surface area contributed by atoms with Gasteiger partial charge in [-0.25, -0.2) is 0 Å². The average Bonchev–Trinajstić information content (AvgIpc) is 3.00. The maximum atomic E-state index is 12.1. The lowest BCUT2D eigenvalue weighted by molar-refractivity contribution is 0.102. The lowest BCUT2D eigenvalue weighted by Crippen LogP contribution is -2.12. The van der Waals surface area contributed by atoms with Gasteiger partial charge in [-0.2, -0.15) is 5.10 Å². The number of hydrogen-bond acceptors (Lipinski definition) is 3. The molecule has 21 heavy (non-hydrogen) atoms. The second-order valence-electron chi connectivity index (χ2n) is 4.70. The van der Waals surface area contributed by atoms with Gasteiger partial charge in [0.25, 0.3) is 5.91 Å². The summed E-state index contributed by atoms with van der Waals surface area (Å²) in [5.41, 5.74) is 3.66. The Labute approximate surface area is 122 Å². The molecule has 0 aliphatic heterocycles. The second kappa shape index (κ2) is 5.58. The second-order valence-corrected chi connectivity index (χ2v) is 4.70. The fourth-order valence-electron chi connectivity index (χ4n) is 1.92. The summed E-state index contributed by atoms with van der Waals surface area (Å²) in [4.78, 5) is 16.3. The number of rotatable bonds is 3. The van der Waals surface area contributed by atoms with Crippen LogP contribution in [0.5, 0.6) is 0 Å². The standard InChI is InChI=1S/C16H14N4O/c1-11-5-7-12(8-6-11)18-16(21)15-10-14(19-20-15)13-4-2-3-9-17-13/h2-10H,1H3,(H,18,21)(H,19,20). The van der Waals surface area contributed by atoms with E-state index in [4.69, 9.17) is 0 Å². The molecular formula is C16H14N4O. The third-order valence-electron chi connectivity index (χ3n) is 3.06. The molecule has 0 unspecified atom stereocenters. The Bertz CT molecular complexity index is 747. The van der Waals surface area contributed by atoms with Crippen molar-refractivity contribution < 1.29 is 4.79 Å². The van der Waals surface area contributed by atoms with E-state index in [-0.39, 0.29) is 5.91 Å². The van der Waals surface area contributed by atoms with Gasteiger partial charge < -0.3 is 5.32 Å². The molecule has 0 fully saturated rings. The Morgan fingerprint density at radius 3 is 2.62 bits per heavy atom. The van der Waals surface area contributed by atoms with Crippen molar-refractivity contribution in [2.45, 2.75) is 6.92 Å². The van der Waals surface area contributed by atoms with Crippen molar-refractivity contribution in [3.05, 3.63) is 66.0 Å². The molecule has 0 atom stereocenters. The molecule has 5 heteroatoms. The largest absolute Gasteiger partial charge is 0.321 e. The summed E-state index contributed by atoms with van der Waals surface area (Å²) in [6, 6.07) is 14.9. The monoisotopic (exact) mass is 278 g/mol. The van der Waals surface area contributed by atoms with E-state index in [1.807, 2.05) is 49.4 Å². The minimum Gasteiger partial charge on any atom is -0.321 e. The molecule has 3 rings (SSSR count). The summed E-state index contributed by atoms with van der Waals surface area (Å²) in [5.74, 6) is -0.228. The number of nitrogens with zero attached hydrogens (tertiary/aromatic N) is 2. The molecule has 2 heterocycles. The molecule has 1 amide bonds. The molecule has 0 radical (unpaired) electrons. The topological polar surface area (TPSA) is 70.7 Å². The molecule has 3 aromatic rings. The van der Waals surface area contributed by atoms with Gasteiger partial charge in [0.05, 0.1) is 5.69 Å². The molecule has 1 aromatic carbocycles. The van der Waals surface area contributed by atoms with Crippen LogP contribution in [-0.2, 0) is 0 Å². The minimum atomic E-state index is -0.228. The zero-order chi connectivity index (χ0) is 14.7. The molecule has 104 valence electrons. The van der Waals surface area contributed by atoms with Crippen molar-refractivity contribution in [2.75, 3.05) is 5.32 Å². The number of carbonyl (C=O) groups excluding carboxylic acids is 1. The molecular weight excluding hydrogens is 264 g/mol. The van der Waals surface area contributed by atoms with Gasteiger partial charge >= 0.3 is 0 Å². The zero-order valence-corrected chi connectivity index (χ0v) is 11.5. The molecule has 0 spiro atoms. The quantitative estimate of drug-likeness (QED) is 0.773. The van der Waals surface area contributed by atoms with Crippen LogP contribution in [0.4, 0.5) is 5.69 Å². The first-order chi connectivity index (χ1) is 10.2. The van der Waals surface area contributed by atoms with E-state index in [1.165, 1.54) is 0 Å². The number of carbonyl (C=O) groups is 1. The summed E-state index contributed by atoms with van der Waals surface area (Å²) in [7, 11) is 0. The third-order valence-corrected chi connectivity index (χ3v) is 3.06. The van der Waals surface area contributed by atoms with Crippen LogP contribution in [0.2, 0.25) is 0 Å². The molecule has 0 saturated carbocycles. The zero-order valence-electron chi connectivity index (χ0n) is 11.5. The maximum Gasteiger partial charge on any atom is 0.273 e. The number of benzene rings is 1. The number of aromatic amines is 1. The Kier molecular flexibility index (Phi) is 3.47. The maximum absolute atomic E-state index is 12.1. The van der Waals surface area contributed by atoms with E-state index in [9.17, 15) is 4.79 Å². The van der Waals surface area contributed by atoms with Crippen LogP contribution in [0.25, 0.3) is 11.4 Å². The van der Waals surface area contributed by atoms with Crippen LogP contribution in [0.15, 0.2) is 54.7 Å². The summed E-state index contributed by atoms with van der Waals surface area (Å²) in [5, 5.41) is 9.67. The molecule has 5 nitrogen and oxygen atoms in total. The Morgan fingerprint density at radius 1 is 1.10 bits per heavy atom. The van der Waals surface area contributed by atoms with Gasteiger partial charge in [-0.15, -0.1) is 0 Å². The number of hydrogen-bond donors (Lipinski definition) is 2. The Morgan fingerprint density at radius 2 is 1.90 bits per heavy atom. The molecule has 0 saturated heterocycles. The van der Waals surface area contributed by atoms with Crippen LogP contribution >= 0.6 is 0 Å². The van der Waals surface area contributed by atoms with Crippen molar-refractivity contribution >= 4 is 11.6 Å². The van der Waals surface area contributed by atoms with Crippen molar-refractivity contribution in [2.24, 2.45) is 0 Å². The van der Waals surface area contributed by atoms with E-state index in [0.29, 0.717) is 11.4 Å². The predicted molar refractivity (Wildman–Crippen MR) is 81.0 cm³/mol. The van der Waals surface area contributed by atoms with Crippen molar-refractivity contribution in [3.63, 3.8) is 0 Å². The smallest absolute Gasteiger partial charge is 0.273 e. The van der Waals surface area contributed by atoms with Gasteiger partial charge in [-0.1, -0.05) is 23.8 Å². The number of aryl methyl sites for hydroxylation is 1. The van der Waals surface area contributed by atoms with E-state index < -0.39 is 0 Å². The number of pyridine rings is 1. The lowest BCUT2D eigenvalue weighted by Gasteiger charge is -2.03. The number of H-pyrrole nitrogens is 1. The predicted octanol–water partition coefficient (Wildman–Crippen LogP) is 3.03. The Balaban J connectivity index is 1.77. The fourth-order valence-corrected chi connectivity index (χ4v) is 1.92. The minimum absolute atomic E-state index is 0.228. The molecule has 2 aromatic heterocycles. The van der Waals surface area contributed by atoms with Crippen molar-refractivity contribution in [3.8, 4) is 11.4 Å². The summed E-state index contributed by atoms with van der Waals surface area (Å²) >= 11 is 0. The molecule has 0 bridgehead atoms.